The van der Waals surface area contributed by atoms with Gasteiger partial charge in [-0.15, -0.1) is 0 Å². The molecule has 23 heteroatoms. The van der Waals surface area contributed by atoms with Crippen LogP contribution < -0.4 is 0 Å². The first kappa shape index (κ1) is 61.9. The molecule has 446 valence electrons. The van der Waals surface area contributed by atoms with Gasteiger partial charge >= 0.3 is 0 Å². The van der Waals surface area contributed by atoms with E-state index in [0.29, 0.717) is 38.5 Å². The van der Waals surface area contributed by atoms with Crippen LogP contribution in [0.2, 0.25) is 0 Å². The summed E-state index contributed by atoms with van der Waals surface area (Å²) in [6.07, 6.45) is -25.2. The normalized spacial score (nSPS) is 51.9. The third-order valence-electron chi connectivity index (χ3n) is 20.7. The van der Waals surface area contributed by atoms with Crippen molar-refractivity contribution in [3.05, 3.63) is 11.6 Å². The van der Waals surface area contributed by atoms with Gasteiger partial charge in [-0.3, -0.25) is 0 Å². The van der Waals surface area contributed by atoms with E-state index in [4.69, 9.17) is 37.9 Å². The minimum Gasteiger partial charge on any atom is -0.394 e. The maximum absolute atomic E-state index is 12.7. The van der Waals surface area contributed by atoms with Crippen LogP contribution in [0.3, 0.4) is 0 Å². The van der Waals surface area contributed by atoms with E-state index in [1.807, 2.05) is 0 Å². The highest BCUT2D eigenvalue weighted by Crippen LogP contribution is 2.75. The van der Waals surface area contributed by atoms with E-state index in [0.717, 1.165) is 18.4 Å². The Bertz CT molecular complexity index is 2010. The fourth-order valence-electron chi connectivity index (χ4n) is 15.6. The number of allylic oxidation sites excluding steroid dienone is 1. The van der Waals surface area contributed by atoms with Crippen molar-refractivity contribution in [3.8, 4) is 0 Å². The lowest BCUT2D eigenvalue weighted by Gasteiger charge is -2.67. The minimum absolute atomic E-state index is 0.0178. The monoisotopic (exact) mass is 1110 g/mol. The Balaban J connectivity index is 0.935. The Morgan fingerprint density at radius 2 is 1.17 bits per heavy atom. The predicted octanol–water partition coefficient (Wildman–Crippen LogP) is -2.20. The zero-order chi connectivity index (χ0) is 56.8. The van der Waals surface area contributed by atoms with Gasteiger partial charge in [0.05, 0.1) is 49.8 Å². The number of ether oxygens (including phenoxy) is 8. The van der Waals surface area contributed by atoms with Crippen molar-refractivity contribution in [2.24, 2.45) is 45.3 Å². The summed E-state index contributed by atoms with van der Waals surface area (Å²) in [4.78, 5) is 0. The minimum atomic E-state index is -1.80. The zero-order valence-electron chi connectivity index (χ0n) is 45.9. The molecule has 0 aromatic heterocycles. The van der Waals surface area contributed by atoms with Gasteiger partial charge in [0, 0.05) is 10.8 Å². The van der Waals surface area contributed by atoms with Crippen LogP contribution in [-0.2, 0) is 37.9 Å². The van der Waals surface area contributed by atoms with Gasteiger partial charge in [-0.1, -0.05) is 53.2 Å². The summed E-state index contributed by atoms with van der Waals surface area (Å²) >= 11 is 0. The summed E-state index contributed by atoms with van der Waals surface area (Å²) in [5, 5.41) is 161. The maximum atomic E-state index is 12.7. The second-order valence-corrected chi connectivity index (χ2v) is 25.9. The second kappa shape index (κ2) is 23.1. The molecule has 0 aromatic carbocycles. The van der Waals surface area contributed by atoms with Gasteiger partial charge in [-0.05, 0) is 107 Å². The molecule has 4 aliphatic heterocycles. The lowest BCUT2D eigenvalue weighted by atomic mass is 9.38. The van der Waals surface area contributed by atoms with Gasteiger partial charge in [0.15, 0.2) is 25.2 Å². The molecular formula is C54H92O23. The quantitative estimate of drug-likeness (QED) is 0.0729. The van der Waals surface area contributed by atoms with E-state index in [9.17, 15) is 76.6 Å². The van der Waals surface area contributed by atoms with Gasteiger partial charge in [0.1, 0.15) is 91.6 Å². The van der Waals surface area contributed by atoms with Crippen LogP contribution >= 0.6 is 0 Å². The molecule has 3 saturated carbocycles. The highest BCUT2D eigenvalue weighted by atomic mass is 16.8. The van der Waals surface area contributed by atoms with Gasteiger partial charge in [0.25, 0.3) is 0 Å². The van der Waals surface area contributed by atoms with Crippen molar-refractivity contribution in [1.29, 1.82) is 0 Å². The molecule has 30 atom stereocenters. The summed E-state index contributed by atoms with van der Waals surface area (Å²) in [5.41, 5.74) is -1.96. The molecule has 8 rings (SSSR count). The van der Waals surface area contributed by atoms with Crippen LogP contribution in [0.4, 0.5) is 0 Å². The van der Waals surface area contributed by atoms with Gasteiger partial charge in [0.2, 0.25) is 0 Å². The second-order valence-electron chi connectivity index (χ2n) is 25.9. The third kappa shape index (κ3) is 10.9. The summed E-state index contributed by atoms with van der Waals surface area (Å²) in [5.74, 6) is 0.347. The number of aliphatic hydroxyl groups is 15. The zero-order valence-corrected chi connectivity index (χ0v) is 45.9. The molecule has 77 heavy (non-hydrogen) atoms. The van der Waals surface area contributed by atoms with E-state index in [-0.39, 0.29) is 34.5 Å². The third-order valence-corrected chi connectivity index (χ3v) is 20.7. The maximum Gasteiger partial charge on any atom is 0.187 e. The van der Waals surface area contributed by atoms with Crippen molar-refractivity contribution in [2.45, 2.75) is 260 Å². The Labute approximate surface area is 450 Å². The summed E-state index contributed by atoms with van der Waals surface area (Å²) in [7, 11) is 0. The van der Waals surface area contributed by atoms with Gasteiger partial charge < -0.3 is 114 Å². The molecule has 4 saturated heterocycles. The fourth-order valence-corrected chi connectivity index (χ4v) is 15.6. The van der Waals surface area contributed by atoms with Crippen LogP contribution in [-0.4, -0.2) is 243 Å². The van der Waals surface area contributed by atoms with Gasteiger partial charge in [-0.2, -0.15) is 0 Å². The molecule has 3 unspecified atom stereocenters. The van der Waals surface area contributed by atoms with E-state index >= 15 is 0 Å². The molecule has 0 aromatic rings. The Morgan fingerprint density at radius 1 is 0.623 bits per heavy atom. The smallest absolute Gasteiger partial charge is 0.187 e. The molecule has 0 spiro atoms. The van der Waals surface area contributed by atoms with Crippen LogP contribution in [0, 0.1) is 45.3 Å². The van der Waals surface area contributed by atoms with Crippen molar-refractivity contribution in [2.75, 3.05) is 19.8 Å². The number of hydrogen-bond donors (Lipinski definition) is 15. The predicted molar refractivity (Wildman–Crippen MR) is 266 cm³/mol. The SMILES string of the molecule is C[C@H](CC[C@@H](O[C@@H]1O[C@H](C)[C@@H](O)[C@H](O)[C@H]1O[C@H]1O[C@@H](CO)[C@H](O)[C@@H](O)[C@@H]1O)C(C)(C)O)C1CC[C@@]2(C)C3CC=C4C(CC[C@H](O[C@@H]5O[C@H](CO[C@H]6O[C@H](CO)[C@@H](O)[C@H](O)[C@H]6O)[C@@H](O)[C@H](O)[C@H]5O)C4(C)C)[C@]3(C)[C@H](O)C[C@]12C. The molecule has 4 aliphatic carbocycles. The van der Waals surface area contributed by atoms with E-state index < -0.39 is 177 Å². The fraction of sp³-hybridized carbons (Fsp3) is 0.963. The number of fused-ring (bicyclic) bond motifs is 5. The summed E-state index contributed by atoms with van der Waals surface area (Å²) < 4.78 is 47.7. The van der Waals surface area contributed by atoms with E-state index in [1.165, 1.54) is 6.92 Å². The molecule has 0 bridgehead atoms. The Hall–Kier alpha value is -1.18. The van der Waals surface area contributed by atoms with Crippen molar-refractivity contribution < 1.29 is 114 Å². The molecule has 8 aliphatic rings. The van der Waals surface area contributed by atoms with Crippen molar-refractivity contribution >= 4 is 0 Å². The first-order valence-corrected chi connectivity index (χ1v) is 27.9. The lowest BCUT2D eigenvalue weighted by molar-refractivity contribution is -0.373. The molecular weight excluding hydrogens is 1020 g/mol. The van der Waals surface area contributed by atoms with E-state index in [2.05, 4.69) is 47.6 Å². The van der Waals surface area contributed by atoms with E-state index in [1.54, 1.807) is 13.8 Å². The average Bonchev–Trinajstić information content (AvgIpc) is 3.97. The molecule has 23 nitrogen and oxygen atoms in total. The number of rotatable bonds is 16. The molecule has 0 radical (unpaired) electrons. The Kier molecular flexibility index (Phi) is 18.6. The first-order chi connectivity index (χ1) is 35.9. The van der Waals surface area contributed by atoms with Gasteiger partial charge in [-0.25, -0.2) is 0 Å². The summed E-state index contributed by atoms with van der Waals surface area (Å²) in [6, 6.07) is 0. The number of aliphatic hydroxyl groups excluding tert-OH is 14. The average molecular weight is 1110 g/mol. The highest BCUT2D eigenvalue weighted by molar-refractivity contribution is 5.32. The molecule has 7 fully saturated rings. The topological polar surface area (TPSA) is 377 Å². The van der Waals surface area contributed by atoms with Crippen LogP contribution in [0.5, 0.6) is 0 Å². The summed E-state index contributed by atoms with van der Waals surface area (Å²) in [6.45, 7) is 16.1. The van der Waals surface area contributed by atoms with Crippen LogP contribution in [0.1, 0.15) is 114 Å². The van der Waals surface area contributed by atoms with Crippen molar-refractivity contribution in [3.63, 3.8) is 0 Å². The lowest BCUT2D eigenvalue weighted by Crippen LogP contribution is -2.65. The van der Waals surface area contributed by atoms with Crippen LogP contribution in [0.15, 0.2) is 11.6 Å². The Morgan fingerprint density at radius 3 is 1.75 bits per heavy atom. The molecule has 4 heterocycles. The number of hydrogen-bond acceptors (Lipinski definition) is 23. The standard InChI is InChI=1S/C54H92O23/c1-22(10-14-33(51(5,6)69)76-49-45(41(65)34(58)23(2)71-49)77-48-44(68)39(63)36(60)28(20-56)73-48)24-16-17-52(7)30-13-11-25-26(54(30,9)31(57)18-53(24,52)8)12-15-32(50(25,3)4)75-47-43(67)40(64)37(61)29(74-47)21-70-46-42(66)38(62)35(59)27(19-55)72-46/h11,22-24,26-49,55-69H,10,12-21H2,1-9H3/t22-,23-,24?,26?,27-,28+,29-,30?,31-,32+,33-,34-,35-,36+,37-,38+,39-,40+,41+,42-,43-,44+,45-,46+,47+,48-,49+,52+,53-,54+/m1/s1. The first-order valence-electron chi connectivity index (χ1n) is 27.9. The van der Waals surface area contributed by atoms with Crippen LogP contribution in [0.25, 0.3) is 0 Å². The largest absolute Gasteiger partial charge is 0.394 e. The highest BCUT2D eigenvalue weighted by Gasteiger charge is 2.70. The van der Waals surface area contributed by atoms with Crippen molar-refractivity contribution in [1.82, 2.24) is 0 Å². The molecule has 0 amide bonds. The molecule has 15 N–H and O–H groups in total.